The maximum atomic E-state index is 12.1. The molecule has 1 N–H and O–H groups in total. The van der Waals surface area contributed by atoms with Crippen molar-refractivity contribution in [2.24, 2.45) is 0 Å². The lowest BCUT2D eigenvalue weighted by Gasteiger charge is -2.30. The molecule has 1 aliphatic heterocycles. The molecule has 0 amide bonds. The Morgan fingerprint density at radius 3 is 2.58 bits per heavy atom. The van der Waals surface area contributed by atoms with Crippen molar-refractivity contribution in [1.82, 2.24) is 4.90 Å². The maximum absolute atomic E-state index is 12.1. The number of fused-ring (bicyclic) bond motifs is 1. The number of para-hydroxylation sites is 1. The molecule has 0 saturated carbocycles. The van der Waals surface area contributed by atoms with Crippen LogP contribution in [0.3, 0.4) is 0 Å². The third kappa shape index (κ3) is 5.57. The minimum absolute atomic E-state index is 0.0786. The van der Waals surface area contributed by atoms with Crippen LogP contribution >= 0.6 is 11.6 Å². The summed E-state index contributed by atoms with van der Waals surface area (Å²) < 4.78 is 29.9. The highest BCUT2D eigenvalue weighted by molar-refractivity contribution is 7.91. The summed E-state index contributed by atoms with van der Waals surface area (Å²) in [5.74, 6) is 0.832. The van der Waals surface area contributed by atoms with Gasteiger partial charge in [-0.2, -0.15) is 0 Å². The van der Waals surface area contributed by atoms with E-state index < -0.39 is 15.9 Å². The average molecular weight is 460 g/mol. The molecule has 0 spiro atoms. The smallest absolute Gasteiger partial charge is 0.151 e. The van der Waals surface area contributed by atoms with Crippen LogP contribution in [0.2, 0.25) is 5.02 Å². The lowest BCUT2D eigenvalue weighted by molar-refractivity contribution is 0.0527. The van der Waals surface area contributed by atoms with Gasteiger partial charge in [0.15, 0.2) is 9.84 Å². The molecule has 7 heteroatoms. The fraction of sp³-hybridized carbons (Fsp3) is 0.333. The molecule has 0 aromatic heterocycles. The van der Waals surface area contributed by atoms with Crippen molar-refractivity contribution in [2.45, 2.75) is 25.1 Å². The molecular formula is C24H26ClNO4S. The third-order valence-corrected chi connectivity index (χ3v) is 7.75. The summed E-state index contributed by atoms with van der Waals surface area (Å²) in [5.41, 5.74) is 1.11. The van der Waals surface area contributed by atoms with Crippen molar-refractivity contribution in [3.63, 3.8) is 0 Å². The number of nitrogens with zero attached hydrogens (tertiary/aromatic N) is 1. The van der Waals surface area contributed by atoms with Gasteiger partial charge in [-0.1, -0.05) is 66.2 Å². The van der Waals surface area contributed by atoms with Gasteiger partial charge in [-0.25, -0.2) is 8.42 Å². The van der Waals surface area contributed by atoms with E-state index in [-0.39, 0.29) is 24.2 Å². The van der Waals surface area contributed by atoms with E-state index in [0.717, 1.165) is 16.3 Å². The Morgan fingerprint density at radius 1 is 1.06 bits per heavy atom. The van der Waals surface area contributed by atoms with Crippen molar-refractivity contribution in [1.29, 1.82) is 0 Å². The first-order valence-electron chi connectivity index (χ1n) is 10.4. The number of rotatable bonds is 8. The van der Waals surface area contributed by atoms with Gasteiger partial charge in [0.25, 0.3) is 0 Å². The van der Waals surface area contributed by atoms with Gasteiger partial charge in [0.2, 0.25) is 0 Å². The van der Waals surface area contributed by atoms with Crippen LogP contribution in [0.15, 0.2) is 66.7 Å². The van der Waals surface area contributed by atoms with Crippen LogP contribution in [-0.2, 0) is 16.4 Å². The lowest BCUT2D eigenvalue weighted by atomic mass is 10.0. The number of hydrogen-bond acceptors (Lipinski definition) is 5. The Hall–Kier alpha value is -2.12. The fourth-order valence-corrected chi connectivity index (χ4v) is 6.08. The van der Waals surface area contributed by atoms with Gasteiger partial charge in [0.1, 0.15) is 18.5 Å². The zero-order valence-corrected chi connectivity index (χ0v) is 18.7. The number of sulfone groups is 1. The summed E-state index contributed by atoms with van der Waals surface area (Å²) in [6.07, 6.45) is -0.208. The summed E-state index contributed by atoms with van der Waals surface area (Å²) >= 11 is 6.13. The Kier molecular flexibility index (Phi) is 6.82. The highest BCUT2D eigenvalue weighted by Crippen LogP contribution is 2.26. The molecule has 31 heavy (non-hydrogen) atoms. The van der Waals surface area contributed by atoms with Crippen LogP contribution in [0.1, 0.15) is 12.0 Å². The Morgan fingerprint density at radius 2 is 1.81 bits per heavy atom. The van der Waals surface area contributed by atoms with Crippen molar-refractivity contribution in [3.05, 3.63) is 77.3 Å². The van der Waals surface area contributed by atoms with E-state index in [1.54, 1.807) is 12.1 Å². The largest absolute Gasteiger partial charge is 0.489 e. The summed E-state index contributed by atoms with van der Waals surface area (Å²) in [7, 11) is -3.04. The van der Waals surface area contributed by atoms with Crippen LogP contribution in [-0.4, -0.2) is 55.2 Å². The van der Waals surface area contributed by atoms with Gasteiger partial charge < -0.3 is 9.84 Å². The standard InChI is InChI=1S/C24H26ClNO4S/c25-23-10-3-4-11-24(23)30-16-21(27)15-26(20-12-13-31(28,29)17-20)14-19-8-5-7-18-6-1-2-9-22(18)19/h1-11,20-21,27H,12-17H2. The molecule has 0 radical (unpaired) electrons. The third-order valence-electron chi connectivity index (χ3n) is 5.69. The monoisotopic (exact) mass is 459 g/mol. The van der Waals surface area contributed by atoms with Gasteiger partial charge in [0, 0.05) is 19.1 Å². The number of aliphatic hydroxyl groups is 1. The summed E-state index contributed by atoms with van der Waals surface area (Å²) in [6, 6.07) is 21.3. The second-order valence-corrected chi connectivity index (χ2v) is 10.7. The Labute approximate surface area is 188 Å². The molecule has 1 saturated heterocycles. The molecule has 0 bridgehead atoms. The predicted molar refractivity (Wildman–Crippen MR) is 124 cm³/mol. The normalized spacial score (nSPS) is 19.0. The molecule has 3 aromatic rings. The molecule has 5 nitrogen and oxygen atoms in total. The first-order valence-corrected chi connectivity index (χ1v) is 12.6. The van der Waals surface area contributed by atoms with Crippen LogP contribution in [0.4, 0.5) is 0 Å². The Balaban J connectivity index is 1.51. The van der Waals surface area contributed by atoms with Gasteiger partial charge in [-0.15, -0.1) is 0 Å². The predicted octanol–water partition coefficient (Wildman–Crippen LogP) is 3.92. The molecular weight excluding hydrogens is 434 g/mol. The molecule has 1 fully saturated rings. The van der Waals surface area contributed by atoms with Gasteiger partial charge in [-0.3, -0.25) is 4.90 Å². The molecule has 2 unspecified atom stereocenters. The zero-order valence-electron chi connectivity index (χ0n) is 17.2. The van der Waals surface area contributed by atoms with Gasteiger partial charge in [0.05, 0.1) is 16.5 Å². The topological polar surface area (TPSA) is 66.8 Å². The van der Waals surface area contributed by atoms with E-state index in [9.17, 15) is 13.5 Å². The second-order valence-electron chi connectivity index (χ2n) is 8.02. The SMILES string of the molecule is O=S1(=O)CCC(N(Cc2cccc3ccccc23)CC(O)COc2ccccc2Cl)C1. The van der Waals surface area contributed by atoms with E-state index in [0.29, 0.717) is 30.3 Å². The second kappa shape index (κ2) is 9.57. The van der Waals surface area contributed by atoms with Crippen molar-refractivity contribution >= 4 is 32.2 Å². The van der Waals surface area contributed by atoms with Crippen molar-refractivity contribution in [3.8, 4) is 5.75 Å². The summed E-state index contributed by atoms with van der Waals surface area (Å²) in [4.78, 5) is 2.08. The Bertz CT molecular complexity index is 1150. The summed E-state index contributed by atoms with van der Waals surface area (Å²) in [6.45, 7) is 0.952. The van der Waals surface area contributed by atoms with Crippen LogP contribution in [0.25, 0.3) is 10.8 Å². The number of benzene rings is 3. The van der Waals surface area contributed by atoms with E-state index in [4.69, 9.17) is 16.3 Å². The molecule has 164 valence electrons. The van der Waals surface area contributed by atoms with E-state index in [1.165, 1.54) is 0 Å². The van der Waals surface area contributed by atoms with E-state index in [1.807, 2.05) is 30.3 Å². The zero-order chi connectivity index (χ0) is 21.8. The van der Waals surface area contributed by atoms with Crippen molar-refractivity contribution < 1.29 is 18.3 Å². The fourth-order valence-electron chi connectivity index (χ4n) is 4.13. The van der Waals surface area contributed by atoms with Crippen LogP contribution < -0.4 is 4.74 Å². The number of hydrogen-bond donors (Lipinski definition) is 1. The van der Waals surface area contributed by atoms with Gasteiger partial charge in [-0.05, 0) is 34.9 Å². The molecule has 0 aliphatic carbocycles. The molecule has 1 heterocycles. The minimum Gasteiger partial charge on any atom is -0.489 e. The highest BCUT2D eigenvalue weighted by atomic mass is 35.5. The molecule has 3 aromatic carbocycles. The number of ether oxygens (including phenoxy) is 1. The quantitative estimate of drug-likeness (QED) is 0.553. The maximum Gasteiger partial charge on any atom is 0.151 e. The first-order chi connectivity index (χ1) is 14.9. The first kappa shape index (κ1) is 22.1. The highest BCUT2D eigenvalue weighted by Gasteiger charge is 2.33. The number of halogens is 1. The van der Waals surface area contributed by atoms with Crippen LogP contribution in [0, 0.1) is 0 Å². The molecule has 4 rings (SSSR count). The summed E-state index contributed by atoms with van der Waals surface area (Å²) in [5, 5.41) is 13.5. The van der Waals surface area contributed by atoms with Crippen LogP contribution in [0.5, 0.6) is 5.75 Å². The lowest BCUT2D eigenvalue weighted by Crippen LogP contribution is -2.42. The molecule has 2 atom stereocenters. The minimum atomic E-state index is -3.04. The van der Waals surface area contributed by atoms with Gasteiger partial charge >= 0.3 is 0 Å². The van der Waals surface area contributed by atoms with Crippen molar-refractivity contribution in [2.75, 3.05) is 24.7 Å². The van der Waals surface area contributed by atoms with E-state index in [2.05, 4.69) is 29.2 Å². The average Bonchev–Trinajstić information content (AvgIpc) is 3.12. The van der Waals surface area contributed by atoms with E-state index >= 15 is 0 Å². The number of aliphatic hydroxyl groups excluding tert-OH is 1. The molecule has 1 aliphatic rings.